The minimum absolute atomic E-state index is 0.0175. The van der Waals surface area contributed by atoms with Crippen LogP contribution in [0.3, 0.4) is 0 Å². The zero-order valence-electron chi connectivity index (χ0n) is 15.5. The standard InChI is InChI=1S/C19H26N2O4/c1-18(2,3)12-21-11-13(10-16(21)22)20-17(23)15-7-6-14(25-15)8-9-19(4,5)24/h6-7,13,24H,10-12H2,1-5H3,(H,20,23)/t13-/m1/s1. The molecule has 6 nitrogen and oxygen atoms in total. The Kier molecular flexibility index (Phi) is 5.28. The molecular weight excluding hydrogens is 320 g/mol. The Bertz CT molecular complexity index is 710. The van der Waals surface area contributed by atoms with Gasteiger partial charge in [0.1, 0.15) is 5.60 Å². The van der Waals surface area contributed by atoms with E-state index >= 15 is 0 Å². The lowest BCUT2D eigenvalue weighted by atomic mass is 9.96. The predicted molar refractivity (Wildman–Crippen MR) is 93.8 cm³/mol. The molecule has 0 spiro atoms. The lowest BCUT2D eigenvalue weighted by molar-refractivity contribution is -0.128. The maximum absolute atomic E-state index is 12.3. The fourth-order valence-electron chi connectivity index (χ4n) is 2.59. The summed E-state index contributed by atoms with van der Waals surface area (Å²) >= 11 is 0. The van der Waals surface area contributed by atoms with Gasteiger partial charge in [0.05, 0.1) is 6.04 Å². The summed E-state index contributed by atoms with van der Waals surface area (Å²) in [5.74, 6) is 5.44. The van der Waals surface area contributed by atoms with Crippen molar-refractivity contribution in [1.82, 2.24) is 10.2 Å². The molecular formula is C19H26N2O4. The molecule has 1 aromatic heterocycles. The van der Waals surface area contributed by atoms with E-state index in [0.29, 0.717) is 25.3 Å². The summed E-state index contributed by atoms with van der Waals surface area (Å²) in [5, 5.41) is 12.4. The number of aliphatic hydroxyl groups is 1. The molecule has 1 aromatic rings. The number of furan rings is 1. The summed E-state index contributed by atoms with van der Waals surface area (Å²) in [7, 11) is 0. The average Bonchev–Trinajstić information content (AvgIpc) is 3.02. The van der Waals surface area contributed by atoms with Crippen LogP contribution in [0.5, 0.6) is 0 Å². The molecule has 1 atom stereocenters. The molecule has 1 fully saturated rings. The van der Waals surface area contributed by atoms with Crippen molar-refractivity contribution in [3.63, 3.8) is 0 Å². The molecule has 2 heterocycles. The maximum Gasteiger partial charge on any atom is 0.287 e. The van der Waals surface area contributed by atoms with Crippen LogP contribution in [0.4, 0.5) is 0 Å². The lowest BCUT2D eigenvalue weighted by Crippen LogP contribution is -2.39. The molecule has 0 radical (unpaired) electrons. The van der Waals surface area contributed by atoms with Crippen LogP contribution in [0.15, 0.2) is 16.5 Å². The van der Waals surface area contributed by atoms with Gasteiger partial charge in [-0.15, -0.1) is 0 Å². The minimum Gasteiger partial charge on any atom is -0.443 e. The number of carbonyl (C=O) groups excluding carboxylic acids is 2. The van der Waals surface area contributed by atoms with Gasteiger partial charge in [0, 0.05) is 19.5 Å². The van der Waals surface area contributed by atoms with Gasteiger partial charge in [-0.1, -0.05) is 26.7 Å². The molecule has 1 aliphatic heterocycles. The topological polar surface area (TPSA) is 82.8 Å². The number of likely N-dealkylation sites (tertiary alicyclic amines) is 1. The van der Waals surface area contributed by atoms with Gasteiger partial charge in [-0.3, -0.25) is 9.59 Å². The molecule has 0 aliphatic carbocycles. The van der Waals surface area contributed by atoms with Crippen LogP contribution in [0.2, 0.25) is 0 Å². The number of nitrogens with zero attached hydrogens (tertiary/aromatic N) is 1. The molecule has 2 rings (SSSR count). The molecule has 25 heavy (non-hydrogen) atoms. The Morgan fingerprint density at radius 3 is 2.64 bits per heavy atom. The third kappa shape index (κ3) is 5.95. The van der Waals surface area contributed by atoms with Crippen LogP contribution in [0, 0.1) is 17.3 Å². The SMILES string of the molecule is CC(C)(O)C#Cc1ccc(C(=O)N[C@@H]2CC(=O)N(CC(C)(C)C)C2)o1. The number of hydrogen-bond donors (Lipinski definition) is 2. The summed E-state index contributed by atoms with van der Waals surface area (Å²) in [6.45, 7) is 10.5. The molecule has 2 amide bonds. The Balaban J connectivity index is 1.96. The molecule has 0 saturated carbocycles. The molecule has 1 aliphatic rings. The zero-order chi connectivity index (χ0) is 18.8. The highest BCUT2D eigenvalue weighted by molar-refractivity contribution is 5.92. The van der Waals surface area contributed by atoms with E-state index in [1.54, 1.807) is 24.8 Å². The average molecular weight is 346 g/mol. The second-order valence-corrected chi connectivity index (χ2v) is 8.18. The third-order valence-electron chi connectivity index (χ3n) is 3.54. The van der Waals surface area contributed by atoms with Crippen molar-refractivity contribution >= 4 is 11.8 Å². The van der Waals surface area contributed by atoms with Crippen molar-refractivity contribution in [1.29, 1.82) is 0 Å². The third-order valence-corrected chi connectivity index (χ3v) is 3.54. The van der Waals surface area contributed by atoms with E-state index in [4.69, 9.17) is 4.42 Å². The molecule has 136 valence electrons. The quantitative estimate of drug-likeness (QED) is 0.817. The van der Waals surface area contributed by atoms with E-state index in [9.17, 15) is 14.7 Å². The predicted octanol–water partition coefficient (Wildman–Crippen LogP) is 1.78. The number of nitrogens with one attached hydrogen (secondary N) is 1. The normalized spacial score (nSPS) is 18.1. The fraction of sp³-hybridized carbons (Fsp3) is 0.579. The number of amides is 2. The Morgan fingerprint density at radius 2 is 2.04 bits per heavy atom. The summed E-state index contributed by atoms with van der Waals surface area (Å²) in [5.41, 5.74) is -1.11. The van der Waals surface area contributed by atoms with Gasteiger partial charge in [0.2, 0.25) is 5.91 Å². The summed E-state index contributed by atoms with van der Waals surface area (Å²) in [4.78, 5) is 26.1. The Morgan fingerprint density at radius 1 is 1.36 bits per heavy atom. The van der Waals surface area contributed by atoms with Crippen LogP contribution in [0.1, 0.15) is 57.4 Å². The van der Waals surface area contributed by atoms with Crippen LogP contribution in [-0.2, 0) is 4.79 Å². The zero-order valence-corrected chi connectivity index (χ0v) is 15.5. The lowest BCUT2D eigenvalue weighted by Gasteiger charge is -2.26. The van der Waals surface area contributed by atoms with Gasteiger partial charge in [-0.05, 0) is 37.3 Å². The smallest absolute Gasteiger partial charge is 0.287 e. The van der Waals surface area contributed by atoms with Gasteiger partial charge in [0.25, 0.3) is 5.91 Å². The van der Waals surface area contributed by atoms with Crippen LogP contribution >= 0.6 is 0 Å². The van der Waals surface area contributed by atoms with E-state index in [2.05, 4.69) is 37.9 Å². The van der Waals surface area contributed by atoms with E-state index in [-0.39, 0.29) is 29.0 Å². The molecule has 0 unspecified atom stereocenters. The van der Waals surface area contributed by atoms with E-state index < -0.39 is 5.60 Å². The van der Waals surface area contributed by atoms with E-state index in [1.165, 1.54) is 6.07 Å². The Hall–Kier alpha value is -2.26. The van der Waals surface area contributed by atoms with E-state index in [0.717, 1.165) is 0 Å². The number of rotatable bonds is 3. The van der Waals surface area contributed by atoms with E-state index in [1.807, 2.05) is 0 Å². The van der Waals surface area contributed by atoms with Crippen LogP contribution < -0.4 is 5.32 Å². The largest absolute Gasteiger partial charge is 0.443 e. The molecule has 1 saturated heterocycles. The fourth-order valence-corrected chi connectivity index (χ4v) is 2.59. The molecule has 0 bridgehead atoms. The maximum atomic E-state index is 12.3. The second kappa shape index (κ2) is 6.93. The highest BCUT2D eigenvalue weighted by atomic mass is 16.3. The van der Waals surface area contributed by atoms with Crippen molar-refractivity contribution in [3.8, 4) is 11.8 Å². The molecule has 6 heteroatoms. The first-order valence-electron chi connectivity index (χ1n) is 8.37. The summed E-state index contributed by atoms with van der Waals surface area (Å²) in [6, 6.07) is 2.89. The van der Waals surface area contributed by atoms with Crippen molar-refractivity contribution in [3.05, 3.63) is 23.7 Å². The van der Waals surface area contributed by atoms with Gasteiger partial charge in [-0.25, -0.2) is 0 Å². The highest BCUT2D eigenvalue weighted by Crippen LogP contribution is 2.20. The first-order valence-corrected chi connectivity index (χ1v) is 8.37. The van der Waals surface area contributed by atoms with Gasteiger partial charge in [-0.2, -0.15) is 0 Å². The first-order chi connectivity index (χ1) is 11.4. The highest BCUT2D eigenvalue weighted by Gasteiger charge is 2.33. The first kappa shape index (κ1) is 19.1. The second-order valence-electron chi connectivity index (χ2n) is 8.18. The number of carbonyl (C=O) groups is 2. The van der Waals surface area contributed by atoms with Crippen LogP contribution in [-0.4, -0.2) is 46.6 Å². The Labute approximate surface area is 148 Å². The van der Waals surface area contributed by atoms with Gasteiger partial charge >= 0.3 is 0 Å². The van der Waals surface area contributed by atoms with Crippen molar-refractivity contribution in [2.75, 3.05) is 13.1 Å². The number of hydrogen-bond acceptors (Lipinski definition) is 4. The van der Waals surface area contributed by atoms with Crippen LogP contribution in [0.25, 0.3) is 0 Å². The van der Waals surface area contributed by atoms with Crippen molar-refractivity contribution < 1.29 is 19.1 Å². The van der Waals surface area contributed by atoms with Gasteiger partial charge in [0.15, 0.2) is 11.5 Å². The minimum atomic E-state index is -1.13. The van der Waals surface area contributed by atoms with Gasteiger partial charge < -0.3 is 19.7 Å². The summed E-state index contributed by atoms with van der Waals surface area (Å²) < 4.78 is 5.39. The summed E-state index contributed by atoms with van der Waals surface area (Å²) in [6.07, 6.45) is 0.299. The van der Waals surface area contributed by atoms with Crippen molar-refractivity contribution in [2.24, 2.45) is 5.41 Å². The van der Waals surface area contributed by atoms with Crippen molar-refractivity contribution in [2.45, 2.75) is 52.7 Å². The monoisotopic (exact) mass is 346 g/mol. The molecule has 2 N–H and O–H groups in total. The molecule has 0 aromatic carbocycles.